The summed E-state index contributed by atoms with van der Waals surface area (Å²) >= 11 is 0. The second-order valence-corrected chi connectivity index (χ2v) is 10.2. The molecule has 192 valence electrons. The topological polar surface area (TPSA) is 97.0 Å². The summed E-state index contributed by atoms with van der Waals surface area (Å²) in [5, 5.41) is 6.32. The monoisotopic (exact) mass is 485 g/mol. The lowest BCUT2D eigenvalue weighted by molar-refractivity contribution is -0.147. The van der Waals surface area contributed by atoms with Crippen LogP contribution in [0.1, 0.15) is 69.3 Å². The summed E-state index contributed by atoms with van der Waals surface area (Å²) in [5.74, 6) is -0.702. The fourth-order valence-corrected chi connectivity index (χ4v) is 5.77. The third kappa shape index (κ3) is 6.34. The van der Waals surface area contributed by atoms with Crippen molar-refractivity contribution in [3.63, 3.8) is 0 Å². The van der Waals surface area contributed by atoms with E-state index in [1.54, 1.807) is 14.2 Å². The van der Waals surface area contributed by atoms with Crippen LogP contribution in [0, 0.1) is 5.92 Å². The molecule has 0 radical (unpaired) electrons. The van der Waals surface area contributed by atoms with Crippen LogP contribution >= 0.6 is 0 Å². The molecule has 0 bridgehead atoms. The van der Waals surface area contributed by atoms with Crippen LogP contribution in [-0.2, 0) is 19.1 Å². The van der Waals surface area contributed by atoms with E-state index in [4.69, 9.17) is 9.47 Å². The Kier molecular flexibility index (Phi) is 8.65. The van der Waals surface area contributed by atoms with Gasteiger partial charge in [0, 0.05) is 38.0 Å². The molecule has 35 heavy (non-hydrogen) atoms. The van der Waals surface area contributed by atoms with Crippen molar-refractivity contribution in [1.82, 2.24) is 10.2 Å². The molecule has 2 aliphatic carbocycles. The minimum absolute atomic E-state index is 0.0686. The van der Waals surface area contributed by atoms with Crippen molar-refractivity contribution in [3.8, 4) is 5.75 Å². The van der Waals surface area contributed by atoms with Gasteiger partial charge in [-0.3, -0.25) is 14.4 Å². The van der Waals surface area contributed by atoms with Gasteiger partial charge in [-0.15, -0.1) is 0 Å². The standard InChI is InChI=1S/C27H39N3O5/c1-34-20-10-8-19(9-11-20)29-25(31)17-30(16-18-6-4-3-5-7-18)27(33)26(32)23-15-28-24-14-21(35-2)12-13-22(23)24/h12-14,18-20,23,28H,3-11,15-17H2,1-2H3,(H,29,31). The van der Waals surface area contributed by atoms with Crippen molar-refractivity contribution in [2.75, 3.05) is 39.2 Å². The van der Waals surface area contributed by atoms with Crippen molar-refractivity contribution in [1.29, 1.82) is 0 Å². The van der Waals surface area contributed by atoms with E-state index in [2.05, 4.69) is 10.6 Å². The van der Waals surface area contributed by atoms with Crippen LogP contribution in [0.2, 0.25) is 0 Å². The zero-order valence-corrected chi connectivity index (χ0v) is 21.0. The van der Waals surface area contributed by atoms with Crippen molar-refractivity contribution in [2.45, 2.75) is 75.9 Å². The predicted molar refractivity (Wildman–Crippen MR) is 134 cm³/mol. The number of carbonyl (C=O) groups excluding carboxylic acids is 3. The first-order valence-corrected chi connectivity index (χ1v) is 13.1. The minimum atomic E-state index is -0.552. The fourth-order valence-electron chi connectivity index (χ4n) is 5.77. The number of nitrogens with one attached hydrogen (secondary N) is 2. The molecule has 2 amide bonds. The highest BCUT2D eigenvalue weighted by atomic mass is 16.5. The molecule has 0 spiro atoms. The van der Waals surface area contributed by atoms with E-state index in [-0.39, 0.29) is 24.6 Å². The molecule has 3 aliphatic rings. The average molecular weight is 486 g/mol. The number of nitrogens with zero attached hydrogens (tertiary/aromatic N) is 1. The molecule has 1 atom stereocenters. The number of carbonyl (C=O) groups is 3. The number of anilines is 1. The highest BCUT2D eigenvalue weighted by Gasteiger charge is 2.36. The molecule has 2 N–H and O–H groups in total. The second-order valence-electron chi connectivity index (χ2n) is 10.2. The van der Waals surface area contributed by atoms with Gasteiger partial charge in [-0.2, -0.15) is 0 Å². The summed E-state index contributed by atoms with van der Waals surface area (Å²) in [4.78, 5) is 41.3. The number of benzene rings is 1. The maximum absolute atomic E-state index is 13.5. The number of hydrogen-bond acceptors (Lipinski definition) is 6. The Balaban J connectivity index is 1.42. The average Bonchev–Trinajstić information content (AvgIpc) is 3.31. The van der Waals surface area contributed by atoms with E-state index < -0.39 is 17.6 Å². The first kappa shape index (κ1) is 25.5. The molecular formula is C27H39N3O5. The Bertz CT molecular complexity index is 906. The van der Waals surface area contributed by atoms with E-state index >= 15 is 0 Å². The number of ketones is 1. The van der Waals surface area contributed by atoms with E-state index in [0.29, 0.717) is 24.8 Å². The summed E-state index contributed by atoms with van der Waals surface area (Å²) in [7, 11) is 3.32. The molecule has 8 heteroatoms. The highest BCUT2D eigenvalue weighted by Crippen LogP contribution is 2.35. The van der Waals surface area contributed by atoms with Crippen molar-refractivity contribution >= 4 is 23.3 Å². The maximum Gasteiger partial charge on any atom is 0.291 e. The maximum atomic E-state index is 13.5. The summed E-state index contributed by atoms with van der Waals surface area (Å²) in [6.45, 7) is 0.768. The van der Waals surface area contributed by atoms with Gasteiger partial charge >= 0.3 is 0 Å². The van der Waals surface area contributed by atoms with Crippen LogP contribution in [0.4, 0.5) is 5.69 Å². The molecule has 1 aliphatic heterocycles. The fraction of sp³-hybridized carbons (Fsp3) is 0.667. The normalized spacial score (nSPS) is 24.2. The minimum Gasteiger partial charge on any atom is -0.497 e. The van der Waals surface area contributed by atoms with Crippen LogP contribution in [0.3, 0.4) is 0 Å². The van der Waals surface area contributed by atoms with Crippen LogP contribution in [0.15, 0.2) is 18.2 Å². The van der Waals surface area contributed by atoms with Gasteiger partial charge < -0.3 is 25.0 Å². The first-order valence-electron chi connectivity index (χ1n) is 13.1. The first-order chi connectivity index (χ1) is 17.0. The molecule has 0 aromatic heterocycles. The zero-order valence-electron chi connectivity index (χ0n) is 21.0. The third-order valence-electron chi connectivity index (χ3n) is 7.86. The number of ether oxygens (including phenoxy) is 2. The number of Topliss-reactive ketones (excluding diaryl/α,β-unsaturated/α-hetero) is 1. The van der Waals surface area contributed by atoms with E-state index in [1.807, 2.05) is 18.2 Å². The highest BCUT2D eigenvalue weighted by molar-refractivity contribution is 6.38. The molecular weight excluding hydrogens is 446 g/mol. The molecule has 2 fully saturated rings. The molecule has 1 unspecified atom stereocenters. The smallest absolute Gasteiger partial charge is 0.291 e. The van der Waals surface area contributed by atoms with E-state index in [1.165, 1.54) is 11.3 Å². The third-order valence-corrected chi connectivity index (χ3v) is 7.86. The Hall–Kier alpha value is -2.61. The van der Waals surface area contributed by atoms with Crippen LogP contribution in [0.25, 0.3) is 0 Å². The van der Waals surface area contributed by atoms with Gasteiger partial charge in [0.15, 0.2) is 0 Å². The lowest BCUT2D eigenvalue weighted by atomic mass is 9.88. The van der Waals surface area contributed by atoms with Gasteiger partial charge in [-0.05, 0) is 56.1 Å². The quantitative estimate of drug-likeness (QED) is 0.521. The molecule has 0 saturated heterocycles. The van der Waals surface area contributed by atoms with Crippen LogP contribution < -0.4 is 15.4 Å². The van der Waals surface area contributed by atoms with Crippen molar-refractivity contribution in [2.24, 2.45) is 5.92 Å². The van der Waals surface area contributed by atoms with E-state index in [9.17, 15) is 14.4 Å². The molecule has 1 heterocycles. The second kappa shape index (κ2) is 11.9. The lowest BCUT2D eigenvalue weighted by Crippen LogP contribution is -2.49. The van der Waals surface area contributed by atoms with Gasteiger partial charge in [-0.1, -0.05) is 25.3 Å². The Labute approximate surface area is 208 Å². The molecule has 2 saturated carbocycles. The lowest BCUT2D eigenvalue weighted by Gasteiger charge is -2.31. The van der Waals surface area contributed by atoms with E-state index in [0.717, 1.165) is 62.6 Å². The number of rotatable bonds is 9. The molecule has 1 aromatic carbocycles. The molecule has 4 rings (SSSR count). The van der Waals surface area contributed by atoms with Gasteiger partial charge in [-0.25, -0.2) is 0 Å². The van der Waals surface area contributed by atoms with Gasteiger partial charge in [0.25, 0.3) is 5.91 Å². The Morgan fingerprint density at radius 2 is 1.77 bits per heavy atom. The van der Waals surface area contributed by atoms with Gasteiger partial charge in [0.05, 0.1) is 25.7 Å². The summed E-state index contributed by atoms with van der Waals surface area (Å²) in [6.07, 6.45) is 9.39. The van der Waals surface area contributed by atoms with Crippen LogP contribution in [-0.4, -0.2) is 68.5 Å². The van der Waals surface area contributed by atoms with Crippen molar-refractivity contribution < 1.29 is 23.9 Å². The largest absolute Gasteiger partial charge is 0.497 e. The number of hydrogen-bond donors (Lipinski definition) is 2. The predicted octanol–water partition coefficient (Wildman–Crippen LogP) is 3.26. The zero-order chi connectivity index (χ0) is 24.8. The SMILES string of the molecule is COc1ccc2c(c1)NCC2C(=O)C(=O)N(CC(=O)NC1CCC(OC)CC1)CC1CCCCC1. The Morgan fingerprint density at radius 3 is 2.46 bits per heavy atom. The van der Waals surface area contributed by atoms with Gasteiger partial charge in [0.1, 0.15) is 5.75 Å². The van der Waals surface area contributed by atoms with Crippen molar-refractivity contribution in [3.05, 3.63) is 23.8 Å². The number of fused-ring (bicyclic) bond motifs is 1. The molecule has 8 nitrogen and oxygen atoms in total. The van der Waals surface area contributed by atoms with Gasteiger partial charge in [0.2, 0.25) is 11.7 Å². The number of amides is 2. The van der Waals surface area contributed by atoms with Crippen LogP contribution in [0.5, 0.6) is 5.75 Å². The number of methoxy groups -OCH3 is 2. The summed E-state index contributed by atoms with van der Waals surface area (Å²) in [5.41, 5.74) is 1.62. The molecule has 1 aromatic rings. The summed E-state index contributed by atoms with van der Waals surface area (Å²) in [6, 6.07) is 5.59. The summed E-state index contributed by atoms with van der Waals surface area (Å²) < 4.78 is 10.7. The Morgan fingerprint density at radius 1 is 1.03 bits per heavy atom.